The maximum Gasteiger partial charge on any atom is 3.00 e. The molecule has 2 radical (unpaired) electrons. The molecule has 0 saturated heterocycles. The minimum absolute atomic E-state index is 0. The second-order valence-electron chi connectivity index (χ2n) is 1.18. The molecule has 98 valence electrons. The van der Waals surface area contributed by atoms with Gasteiger partial charge in [-0.3, -0.25) is 0 Å². The van der Waals surface area contributed by atoms with Gasteiger partial charge in [0.15, 0.2) is 25.7 Å². The predicted octanol–water partition coefficient (Wildman–Crippen LogP) is -0.856. The number of hydrogen-bond donors (Lipinski definition) is 0. The Kier molecular flexibility index (Phi) is 18.0. The zero-order valence-corrected chi connectivity index (χ0v) is 16.2. The number of rotatable bonds is 0. The van der Waals surface area contributed by atoms with E-state index in [9.17, 15) is 0 Å². The van der Waals surface area contributed by atoms with Gasteiger partial charge in [-0.15, -0.1) is 0 Å². The molecule has 0 aromatic heterocycles. The van der Waals surface area contributed by atoms with Crippen molar-refractivity contribution in [3.8, 4) is 0 Å². The molecule has 0 bridgehead atoms. The summed E-state index contributed by atoms with van der Waals surface area (Å²) in [5.74, 6) is 0. The second-order valence-corrected chi connectivity index (χ2v) is 10.7. The first kappa shape index (κ1) is 26.5. The van der Waals surface area contributed by atoms with E-state index in [0.29, 0.717) is 0 Å². The topological polar surface area (TPSA) is 172 Å². The molecule has 9 nitrogen and oxygen atoms in total. The van der Waals surface area contributed by atoms with Crippen molar-refractivity contribution in [1.82, 2.24) is 0 Å². The van der Waals surface area contributed by atoms with Crippen molar-refractivity contribution >= 4 is 94.5 Å². The van der Waals surface area contributed by atoms with Crippen molar-refractivity contribution in [3.05, 3.63) is 0 Å². The summed E-state index contributed by atoms with van der Waals surface area (Å²) in [6.45, 7) is 0. The Morgan fingerprint density at radius 1 is 0.562 bits per heavy atom. The summed E-state index contributed by atoms with van der Waals surface area (Å²) < 4.78 is 80.9. The SMILES string of the molecule is O=S(=O)([O-])Br.O=S(=O)([O-])Br.O=S(=O)([O-])Br.[Sb+3]. The molecule has 0 amide bonds. The Balaban J connectivity index is -0.0000000655. The van der Waals surface area contributed by atoms with Crippen LogP contribution in [0.3, 0.4) is 0 Å². The predicted molar refractivity (Wildman–Crippen MR) is 61.6 cm³/mol. The van der Waals surface area contributed by atoms with Crippen LogP contribution in [0.1, 0.15) is 0 Å². The molecular formula is Br3O9S3Sb. The fourth-order valence-electron chi connectivity index (χ4n) is 0. The summed E-state index contributed by atoms with van der Waals surface area (Å²) in [5.41, 5.74) is 0. The first-order valence-electron chi connectivity index (χ1n) is 1.96. The van der Waals surface area contributed by atoms with Crippen LogP contribution in [0.4, 0.5) is 0 Å². The molecule has 16 heteroatoms. The molecule has 0 unspecified atom stereocenters. The molecule has 0 heterocycles. The summed E-state index contributed by atoms with van der Waals surface area (Å²) >= 11 is 5.38. The van der Waals surface area contributed by atoms with Gasteiger partial charge in [-0.1, -0.05) is 0 Å². The van der Waals surface area contributed by atoms with Gasteiger partial charge in [0.05, 0.1) is 0 Å². The van der Waals surface area contributed by atoms with Crippen LogP contribution >= 0.6 is 44.4 Å². The second kappa shape index (κ2) is 10.9. The van der Waals surface area contributed by atoms with Crippen molar-refractivity contribution in [2.24, 2.45) is 0 Å². The van der Waals surface area contributed by atoms with Gasteiger partial charge in [0.2, 0.25) is 0 Å². The fourth-order valence-corrected chi connectivity index (χ4v) is 0. The van der Waals surface area contributed by atoms with Gasteiger partial charge < -0.3 is 13.7 Å². The monoisotopic (exact) mass is 598 g/mol. The largest absolute Gasteiger partial charge is 3.00 e. The van der Waals surface area contributed by atoms with Gasteiger partial charge in [0.25, 0.3) is 0 Å². The zero-order valence-electron chi connectivity index (χ0n) is 6.48. The molecule has 0 aliphatic heterocycles. The molecule has 0 atom stereocenters. The minimum Gasteiger partial charge on any atom is -0.739 e. The van der Waals surface area contributed by atoms with Gasteiger partial charge in [0.1, 0.15) is 0 Å². The Morgan fingerprint density at radius 3 is 0.562 bits per heavy atom. The number of halogens is 3. The minimum atomic E-state index is -4.10. The standard InChI is InChI=1S/3BrHO3S.Sb/c3*1-5(2,3)4;/h3*(H,2,3,4);/q;;;+3/p-3. The van der Waals surface area contributed by atoms with E-state index < -0.39 is 25.7 Å². The third-order valence-electron chi connectivity index (χ3n) is 0. The first-order valence-corrected chi connectivity index (χ1v) is 11.7. The normalized spacial score (nSPS) is 10.9. The van der Waals surface area contributed by atoms with Crippen LogP contribution in [0, 0.1) is 0 Å². The Hall–Kier alpha value is 1.99. The van der Waals surface area contributed by atoms with Crippen LogP contribution < -0.4 is 0 Å². The Bertz CT molecular complexity index is 347. The van der Waals surface area contributed by atoms with Crippen molar-refractivity contribution in [1.29, 1.82) is 0 Å². The van der Waals surface area contributed by atoms with Gasteiger partial charge in [-0.05, 0) is 0 Å². The molecule has 0 aromatic rings. The van der Waals surface area contributed by atoms with E-state index in [4.69, 9.17) is 38.9 Å². The van der Waals surface area contributed by atoms with Crippen LogP contribution in [-0.4, -0.2) is 63.3 Å². The molecule has 0 aliphatic rings. The molecule has 0 aromatic carbocycles. The van der Waals surface area contributed by atoms with Crippen LogP contribution in [0.15, 0.2) is 0 Å². The van der Waals surface area contributed by atoms with Crippen LogP contribution in [-0.2, 0) is 25.7 Å². The van der Waals surface area contributed by atoms with Crippen LogP contribution in [0.2, 0.25) is 0 Å². The van der Waals surface area contributed by atoms with E-state index in [-0.39, 0.29) is 24.4 Å². The van der Waals surface area contributed by atoms with Gasteiger partial charge in [0, 0.05) is 44.4 Å². The molecular weight excluding hydrogens is 602 g/mol. The first-order chi connectivity index (χ1) is 6.00. The third kappa shape index (κ3) is 909. The van der Waals surface area contributed by atoms with Gasteiger partial charge >= 0.3 is 24.4 Å². The average molecular weight is 602 g/mol. The fraction of sp³-hybridized carbons (Fsp3) is 0. The zero-order chi connectivity index (χ0) is 13.5. The summed E-state index contributed by atoms with van der Waals surface area (Å²) in [6.07, 6.45) is 0. The molecule has 16 heavy (non-hydrogen) atoms. The van der Waals surface area contributed by atoms with Crippen molar-refractivity contribution in [3.63, 3.8) is 0 Å². The van der Waals surface area contributed by atoms with E-state index in [0.717, 1.165) is 0 Å². The molecule has 0 saturated carbocycles. The molecule has 0 aliphatic carbocycles. The van der Waals surface area contributed by atoms with E-state index in [1.165, 1.54) is 0 Å². The van der Waals surface area contributed by atoms with E-state index >= 15 is 0 Å². The summed E-state index contributed by atoms with van der Waals surface area (Å²) in [4.78, 5) is 0. The van der Waals surface area contributed by atoms with Crippen LogP contribution in [0.25, 0.3) is 0 Å². The summed E-state index contributed by atoms with van der Waals surface area (Å²) in [6, 6.07) is 0. The third-order valence-corrected chi connectivity index (χ3v) is 0. The Labute approximate surface area is 132 Å². The smallest absolute Gasteiger partial charge is 0.739 e. The summed E-state index contributed by atoms with van der Waals surface area (Å²) in [5, 5.41) is 0. The average Bonchev–Trinajstić information content (AvgIpc) is 1.41. The van der Waals surface area contributed by atoms with Gasteiger partial charge in [-0.25, -0.2) is 25.3 Å². The summed E-state index contributed by atoms with van der Waals surface area (Å²) in [7, 11) is -12.3. The molecule has 0 spiro atoms. The number of hydrogen-bond acceptors (Lipinski definition) is 9. The van der Waals surface area contributed by atoms with E-state index in [2.05, 4.69) is 0 Å². The maximum absolute atomic E-state index is 8.99. The van der Waals surface area contributed by atoms with Crippen molar-refractivity contribution < 1.29 is 38.9 Å². The molecule has 0 N–H and O–H groups in total. The quantitative estimate of drug-likeness (QED) is 0.195. The van der Waals surface area contributed by atoms with Crippen molar-refractivity contribution in [2.75, 3.05) is 0 Å². The molecule has 0 rings (SSSR count). The molecule has 0 fully saturated rings. The Morgan fingerprint density at radius 2 is 0.562 bits per heavy atom. The van der Waals surface area contributed by atoms with E-state index in [1.807, 2.05) is 0 Å². The van der Waals surface area contributed by atoms with Crippen molar-refractivity contribution in [2.45, 2.75) is 0 Å². The maximum atomic E-state index is 8.99. The van der Waals surface area contributed by atoms with Gasteiger partial charge in [-0.2, -0.15) is 0 Å². The van der Waals surface area contributed by atoms with E-state index in [1.54, 1.807) is 44.4 Å². The van der Waals surface area contributed by atoms with Crippen LogP contribution in [0.5, 0.6) is 0 Å².